The maximum Gasteiger partial charge on any atom is 0.339 e. The van der Waals surface area contributed by atoms with E-state index in [0.29, 0.717) is 5.75 Å². The number of rotatable bonds is 8. The summed E-state index contributed by atoms with van der Waals surface area (Å²) in [5, 5.41) is 0.999. The Bertz CT molecular complexity index is 1000. The highest BCUT2D eigenvalue weighted by Crippen LogP contribution is 2.26. The van der Waals surface area contributed by atoms with Crippen molar-refractivity contribution < 1.29 is 12.6 Å². The van der Waals surface area contributed by atoms with Crippen LogP contribution in [0, 0.1) is 6.92 Å². The van der Waals surface area contributed by atoms with Gasteiger partial charge in [-0.1, -0.05) is 31.5 Å². The van der Waals surface area contributed by atoms with Crippen LogP contribution in [0.25, 0.3) is 10.9 Å². The zero-order valence-electron chi connectivity index (χ0n) is 16.0. The maximum atomic E-state index is 12.5. The summed E-state index contributed by atoms with van der Waals surface area (Å²) in [7, 11) is -3.85. The predicted molar refractivity (Wildman–Crippen MR) is 109 cm³/mol. The van der Waals surface area contributed by atoms with Crippen molar-refractivity contribution in [3.63, 3.8) is 0 Å². The fourth-order valence-electron chi connectivity index (χ4n) is 3.11. The molecule has 3 aromatic rings. The molecule has 2 aromatic carbocycles. The van der Waals surface area contributed by atoms with E-state index in [-0.39, 0.29) is 4.90 Å². The lowest BCUT2D eigenvalue weighted by atomic mass is 10.1. The van der Waals surface area contributed by atoms with Crippen molar-refractivity contribution >= 4 is 21.0 Å². The molecule has 0 radical (unpaired) electrons. The summed E-state index contributed by atoms with van der Waals surface area (Å²) in [5.41, 5.74) is 3.14. The van der Waals surface area contributed by atoms with Crippen molar-refractivity contribution in [3.8, 4) is 5.75 Å². The Balaban J connectivity index is 1.83. The molecule has 0 saturated carbocycles. The Morgan fingerprint density at radius 2 is 1.74 bits per heavy atom. The quantitative estimate of drug-likeness (QED) is 0.591. The van der Waals surface area contributed by atoms with Crippen LogP contribution >= 0.6 is 0 Å². The molecule has 5 nitrogen and oxygen atoms in total. The van der Waals surface area contributed by atoms with Gasteiger partial charge in [0, 0.05) is 23.6 Å². The SMILES string of the molecule is CCN(CC)CCc1c[nH]c2ccc(OS(=O)(=O)c3ccc(C)cc3)cc12. The van der Waals surface area contributed by atoms with E-state index in [0.717, 1.165) is 48.1 Å². The fraction of sp³-hybridized carbons (Fsp3) is 0.333. The molecule has 0 fully saturated rings. The second-order valence-corrected chi connectivity index (χ2v) is 8.20. The molecule has 144 valence electrons. The lowest BCUT2D eigenvalue weighted by molar-refractivity contribution is 0.308. The molecule has 0 unspecified atom stereocenters. The van der Waals surface area contributed by atoms with Crippen LogP contribution in [-0.4, -0.2) is 37.9 Å². The van der Waals surface area contributed by atoms with Crippen LogP contribution in [0.3, 0.4) is 0 Å². The molecule has 0 amide bonds. The van der Waals surface area contributed by atoms with Crippen LogP contribution in [0.4, 0.5) is 0 Å². The van der Waals surface area contributed by atoms with Crippen molar-refractivity contribution in [1.82, 2.24) is 9.88 Å². The number of H-pyrrole nitrogens is 1. The number of hydrogen-bond donors (Lipinski definition) is 1. The number of aromatic nitrogens is 1. The molecule has 27 heavy (non-hydrogen) atoms. The number of nitrogens with zero attached hydrogens (tertiary/aromatic N) is 1. The highest BCUT2D eigenvalue weighted by Gasteiger charge is 2.17. The van der Waals surface area contributed by atoms with E-state index in [1.807, 2.05) is 19.2 Å². The first kappa shape index (κ1) is 19.5. The van der Waals surface area contributed by atoms with Crippen molar-refractivity contribution in [1.29, 1.82) is 0 Å². The molecule has 0 atom stereocenters. The maximum absolute atomic E-state index is 12.5. The summed E-state index contributed by atoms with van der Waals surface area (Å²) < 4.78 is 30.4. The summed E-state index contributed by atoms with van der Waals surface area (Å²) in [6.07, 6.45) is 2.89. The van der Waals surface area contributed by atoms with Crippen molar-refractivity contribution in [2.24, 2.45) is 0 Å². The molecule has 1 N–H and O–H groups in total. The molecule has 0 bridgehead atoms. The van der Waals surface area contributed by atoms with Gasteiger partial charge < -0.3 is 14.1 Å². The van der Waals surface area contributed by atoms with Gasteiger partial charge in [0.05, 0.1) is 0 Å². The molecular weight excluding hydrogens is 360 g/mol. The monoisotopic (exact) mass is 386 g/mol. The lowest BCUT2D eigenvalue weighted by Crippen LogP contribution is -2.25. The number of likely N-dealkylation sites (N-methyl/N-ethyl adjacent to an activating group) is 1. The molecule has 0 aliphatic rings. The molecular formula is C21H26N2O3S. The summed E-state index contributed by atoms with van der Waals surface area (Å²) >= 11 is 0. The zero-order chi connectivity index (χ0) is 19.4. The summed E-state index contributed by atoms with van der Waals surface area (Å²) in [6, 6.07) is 12.0. The van der Waals surface area contributed by atoms with E-state index in [4.69, 9.17) is 4.18 Å². The van der Waals surface area contributed by atoms with Crippen molar-refractivity contribution in [2.75, 3.05) is 19.6 Å². The Hall–Kier alpha value is -2.31. The first-order valence-corrected chi connectivity index (χ1v) is 10.7. The minimum atomic E-state index is -3.85. The van der Waals surface area contributed by atoms with Crippen molar-refractivity contribution in [2.45, 2.75) is 32.1 Å². The molecule has 0 spiro atoms. The van der Waals surface area contributed by atoms with E-state index in [1.54, 1.807) is 36.4 Å². The number of aryl methyl sites for hydroxylation is 1. The Morgan fingerprint density at radius 3 is 2.41 bits per heavy atom. The summed E-state index contributed by atoms with van der Waals surface area (Å²) in [5.74, 6) is 0.326. The Kier molecular flexibility index (Phi) is 5.87. The number of hydrogen-bond acceptors (Lipinski definition) is 4. The largest absolute Gasteiger partial charge is 0.379 e. The van der Waals surface area contributed by atoms with Gasteiger partial charge in [0.25, 0.3) is 0 Å². The Morgan fingerprint density at radius 1 is 1.04 bits per heavy atom. The van der Waals surface area contributed by atoms with E-state index in [2.05, 4.69) is 23.7 Å². The van der Waals surface area contributed by atoms with Crippen molar-refractivity contribution in [3.05, 3.63) is 59.8 Å². The number of nitrogens with one attached hydrogen (secondary N) is 1. The van der Waals surface area contributed by atoms with Gasteiger partial charge in [0.15, 0.2) is 0 Å². The second kappa shape index (κ2) is 8.15. The van der Waals surface area contributed by atoms with Crippen LogP contribution in [-0.2, 0) is 16.5 Å². The minimum absolute atomic E-state index is 0.157. The van der Waals surface area contributed by atoms with E-state index in [1.165, 1.54) is 0 Å². The van der Waals surface area contributed by atoms with Crippen LogP contribution in [0.1, 0.15) is 25.0 Å². The van der Waals surface area contributed by atoms with Gasteiger partial charge >= 0.3 is 10.1 Å². The normalized spacial score (nSPS) is 12.0. The number of fused-ring (bicyclic) bond motifs is 1. The zero-order valence-corrected chi connectivity index (χ0v) is 16.8. The van der Waals surface area contributed by atoms with Gasteiger partial charge in [-0.15, -0.1) is 0 Å². The van der Waals surface area contributed by atoms with Gasteiger partial charge in [-0.25, -0.2) is 0 Å². The summed E-state index contributed by atoms with van der Waals surface area (Å²) in [4.78, 5) is 5.77. The lowest BCUT2D eigenvalue weighted by Gasteiger charge is -2.17. The Labute approximate surface area is 161 Å². The van der Waals surface area contributed by atoms with Gasteiger partial charge in [0.2, 0.25) is 0 Å². The summed E-state index contributed by atoms with van der Waals surface area (Å²) in [6.45, 7) is 9.22. The van der Waals surface area contributed by atoms with E-state index >= 15 is 0 Å². The third-order valence-electron chi connectivity index (χ3n) is 4.85. The molecule has 0 aliphatic carbocycles. The predicted octanol–water partition coefficient (Wildman–Crippen LogP) is 4.13. The first-order chi connectivity index (χ1) is 12.9. The average Bonchev–Trinajstić information content (AvgIpc) is 3.05. The topological polar surface area (TPSA) is 62.4 Å². The first-order valence-electron chi connectivity index (χ1n) is 9.26. The van der Waals surface area contributed by atoms with Gasteiger partial charge in [-0.3, -0.25) is 0 Å². The standard InChI is InChI=1S/C21H26N2O3S/c1-4-23(5-2)13-12-17-15-22-21-11-8-18(14-20(17)21)26-27(24,25)19-9-6-16(3)7-10-19/h6-11,14-15,22H,4-5,12-13H2,1-3H3. The average molecular weight is 387 g/mol. The fourth-order valence-corrected chi connectivity index (χ4v) is 4.04. The third kappa shape index (κ3) is 4.51. The van der Waals surface area contributed by atoms with E-state index in [9.17, 15) is 8.42 Å². The molecule has 0 aliphatic heterocycles. The number of benzene rings is 2. The highest BCUT2D eigenvalue weighted by molar-refractivity contribution is 7.87. The molecule has 1 heterocycles. The third-order valence-corrected chi connectivity index (χ3v) is 6.11. The van der Waals surface area contributed by atoms with Crippen LogP contribution in [0.5, 0.6) is 5.75 Å². The number of aromatic amines is 1. The smallest absolute Gasteiger partial charge is 0.339 e. The van der Waals surface area contributed by atoms with Crippen LogP contribution in [0.2, 0.25) is 0 Å². The van der Waals surface area contributed by atoms with Gasteiger partial charge in [-0.05, 0) is 62.3 Å². The minimum Gasteiger partial charge on any atom is -0.379 e. The highest BCUT2D eigenvalue weighted by atomic mass is 32.2. The van der Waals surface area contributed by atoms with Crippen LogP contribution < -0.4 is 4.18 Å². The molecule has 6 heteroatoms. The molecule has 0 saturated heterocycles. The van der Waals surface area contributed by atoms with Crippen LogP contribution in [0.15, 0.2) is 53.6 Å². The molecule has 3 rings (SSSR count). The molecule has 1 aromatic heterocycles. The van der Waals surface area contributed by atoms with E-state index < -0.39 is 10.1 Å². The van der Waals surface area contributed by atoms with Gasteiger partial charge in [0.1, 0.15) is 10.6 Å². The van der Waals surface area contributed by atoms with Gasteiger partial charge in [-0.2, -0.15) is 8.42 Å². The second-order valence-electron chi connectivity index (χ2n) is 6.65.